The van der Waals surface area contributed by atoms with Crippen molar-refractivity contribution in [3.8, 4) is 0 Å². The molecule has 0 aliphatic heterocycles. The van der Waals surface area contributed by atoms with Crippen LogP contribution in [0.25, 0.3) is 0 Å². The van der Waals surface area contributed by atoms with E-state index in [1.807, 2.05) is 30.3 Å². The zero-order valence-corrected chi connectivity index (χ0v) is 13.3. The van der Waals surface area contributed by atoms with E-state index in [2.05, 4.69) is 5.32 Å². The van der Waals surface area contributed by atoms with Crippen molar-refractivity contribution in [2.45, 2.75) is 52.0 Å². The van der Waals surface area contributed by atoms with Crippen LogP contribution in [-0.2, 0) is 20.9 Å². The number of rotatable bonds is 5. The predicted molar refractivity (Wildman–Crippen MR) is 81.1 cm³/mol. The van der Waals surface area contributed by atoms with Crippen LogP contribution in [0.3, 0.4) is 0 Å². The van der Waals surface area contributed by atoms with Crippen LogP contribution in [0.4, 0.5) is 4.79 Å². The SMILES string of the molecule is CC(NC(=O)OCc1ccccc1)C(O)C(=O)OC(C)(C)C. The number of aliphatic hydroxyl groups is 1. The second-order valence-electron chi connectivity index (χ2n) is 5.97. The van der Waals surface area contributed by atoms with Crippen molar-refractivity contribution in [3.05, 3.63) is 35.9 Å². The van der Waals surface area contributed by atoms with E-state index >= 15 is 0 Å². The molecule has 1 amide bonds. The van der Waals surface area contributed by atoms with Gasteiger partial charge >= 0.3 is 12.1 Å². The number of hydrogen-bond donors (Lipinski definition) is 2. The Bertz CT molecular complexity index is 495. The molecule has 2 N–H and O–H groups in total. The van der Waals surface area contributed by atoms with Crippen molar-refractivity contribution in [2.24, 2.45) is 0 Å². The highest BCUT2D eigenvalue weighted by molar-refractivity contribution is 5.77. The van der Waals surface area contributed by atoms with E-state index in [4.69, 9.17) is 9.47 Å². The van der Waals surface area contributed by atoms with E-state index in [0.717, 1.165) is 5.56 Å². The number of carbonyl (C=O) groups excluding carboxylic acids is 2. The average Bonchev–Trinajstić information content (AvgIpc) is 2.43. The molecule has 1 rings (SSSR count). The van der Waals surface area contributed by atoms with Gasteiger partial charge in [0, 0.05) is 0 Å². The Hall–Kier alpha value is -2.08. The smallest absolute Gasteiger partial charge is 0.407 e. The lowest BCUT2D eigenvalue weighted by molar-refractivity contribution is -0.166. The Morgan fingerprint density at radius 2 is 1.82 bits per heavy atom. The summed E-state index contributed by atoms with van der Waals surface area (Å²) < 4.78 is 10.1. The van der Waals surface area contributed by atoms with Gasteiger partial charge < -0.3 is 19.9 Å². The molecular weight excluding hydrogens is 286 g/mol. The highest BCUT2D eigenvalue weighted by atomic mass is 16.6. The molecule has 0 saturated heterocycles. The summed E-state index contributed by atoms with van der Waals surface area (Å²) in [6.45, 7) is 6.71. The summed E-state index contributed by atoms with van der Waals surface area (Å²) in [6, 6.07) is 8.37. The van der Waals surface area contributed by atoms with Crippen molar-refractivity contribution < 1.29 is 24.2 Å². The lowest BCUT2D eigenvalue weighted by atomic mass is 10.1. The number of carbonyl (C=O) groups is 2. The molecule has 0 aliphatic carbocycles. The fourth-order valence-electron chi connectivity index (χ4n) is 1.60. The third kappa shape index (κ3) is 6.58. The quantitative estimate of drug-likeness (QED) is 0.813. The Morgan fingerprint density at radius 1 is 1.23 bits per heavy atom. The van der Waals surface area contributed by atoms with Crippen molar-refractivity contribution in [2.75, 3.05) is 0 Å². The lowest BCUT2D eigenvalue weighted by Crippen LogP contribution is -2.47. The van der Waals surface area contributed by atoms with E-state index in [9.17, 15) is 14.7 Å². The second kappa shape index (κ2) is 7.79. The van der Waals surface area contributed by atoms with Gasteiger partial charge in [0.25, 0.3) is 0 Å². The molecule has 0 saturated carbocycles. The van der Waals surface area contributed by atoms with Crippen molar-refractivity contribution in [3.63, 3.8) is 0 Å². The maximum Gasteiger partial charge on any atom is 0.407 e. The Morgan fingerprint density at radius 3 is 2.36 bits per heavy atom. The molecule has 1 aromatic rings. The van der Waals surface area contributed by atoms with Gasteiger partial charge in [0.2, 0.25) is 0 Å². The normalized spacial score (nSPS) is 13.9. The van der Waals surface area contributed by atoms with Crippen LogP contribution in [0, 0.1) is 0 Å². The van der Waals surface area contributed by atoms with Gasteiger partial charge in [-0.3, -0.25) is 0 Å². The number of alkyl carbamates (subject to hydrolysis) is 1. The van der Waals surface area contributed by atoms with Crippen LogP contribution < -0.4 is 5.32 Å². The first-order valence-electron chi connectivity index (χ1n) is 7.07. The molecule has 1 aromatic carbocycles. The van der Waals surface area contributed by atoms with E-state index in [0.29, 0.717) is 0 Å². The summed E-state index contributed by atoms with van der Waals surface area (Å²) in [5, 5.41) is 12.2. The van der Waals surface area contributed by atoms with Crippen molar-refractivity contribution in [1.82, 2.24) is 5.32 Å². The molecule has 2 unspecified atom stereocenters. The van der Waals surface area contributed by atoms with Gasteiger partial charge in [-0.25, -0.2) is 9.59 Å². The number of aliphatic hydroxyl groups excluding tert-OH is 1. The van der Waals surface area contributed by atoms with Gasteiger partial charge in [0.15, 0.2) is 6.10 Å². The molecule has 2 atom stereocenters. The Kier molecular flexibility index (Phi) is 6.37. The molecule has 6 nitrogen and oxygen atoms in total. The lowest BCUT2D eigenvalue weighted by Gasteiger charge is -2.24. The third-order valence-corrected chi connectivity index (χ3v) is 2.68. The summed E-state index contributed by atoms with van der Waals surface area (Å²) >= 11 is 0. The summed E-state index contributed by atoms with van der Waals surface area (Å²) in [4.78, 5) is 23.3. The number of benzene rings is 1. The van der Waals surface area contributed by atoms with Gasteiger partial charge in [-0.2, -0.15) is 0 Å². The van der Waals surface area contributed by atoms with E-state index in [-0.39, 0.29) is 6.61 Å². The summed E-state index contributed by atoms with van der Waals surface area (Å²) in [7, 11) is 0. The fraction of sp³-hybridized carbons (Fsp3) is 0.500. The molecule has 0 heterocycles. The molecule has 6 heteroatoms. The maximum atomic E-state index is 11.7. The van der Waals surface area contributed by atoms with Gasteiger partial charge in [-0.1, -0.05) is 30.3 Å². The first-order valence-corrected chi connectivity index (χ1v) is 7.07. The maximum absolute atomic E-state index is 11.7. The second-order valence-corrected chi connectivity index (χ2v) is 5.97. The van der Waals surface area contributed by atoms with Crippen molar-refractivity contribution >= 4 is 12.1 Å². The Labute approximate surface area is 130 Å². The molecule has 0 bridgehead atoms. The Balaban J connectivity index is 2.41. The van der Waals surface area contributed by atoms with Crippen LogP contribution >= 0.6 is 0 Å². The largest absolute Gasteiger partial charge is 0.458 e. The number of amides is 1. The predicted octanol–water partition coefficient (Wildman–Crippen LogP) is 2.00. The summed E-state index contributed by atoms with van der Waals surface area (Å²) in [6.07, 6.45) is -2.16. The standard InChI is InChI=1S/C16H23NO5/c1-11(13(18)14(19)22-16(2,3)4)17-15(20)21-10-12-8-6-5-7-9-12/h5-9,11,13,18H,10H2,1-4H3,(H,17,20). The zero-order chi connectivity index (χ0) is 16.8. The topological polar surface area (TPSA) is 84.9 Å². The highest BCUT2D eigenvalue weighted by Crippen LogP contribution is 2.10. The van der Waals surface area contributed by atoms with E-state index in [1.165, 1.54) is 6.92 Å². The minimum atomic E-state index is -1.46. The molecular formula is C16H23NO5. The zero-order valence-electron chi connectivity index (χ0n) is 13.3. The molecule has 0 fully saturated rings. The van der Waals surface area contributed by atoms with Crippen LogP contribution in [-0.4, -0.2) is 34.9 Å². The van der Waals surface area contributed by atoms with E-state index in [1.54, 1.807) is 20.8 Å². The van der Waals surface area contributed by atoms with Gasteiger partial charge in [0.05, 0.1) is 6.04 Å². The molecule has 0 aromatic heterocycles. The molecule has 22 heavy (non-hydrogen) atoms. The van der Waals surface area contributed by atoms with Gasteiger partial charge in [-0.15, -0.1) is 0 Å². The van der Waals surface area contributed by atoms with Crippen LogP contribution in [0.15, 0.2) is 30.3 Å². The van der Waals surface area contributed by atoms with Gasteiger partial charge in [-0.05, 0) is 33.3 Å². The fourth-order valence-corrected chi connectivity index (χ4v) is 1.60. The van der Waals surface area contributed by atoms with E-state index < -0.39 is 29.8 Å². The number of hydrogen-bond acceptors (Lipinski definition) is 5. The summed E-state index contributed by atoms with van der Waals surface area (Å²) in [5.74, 6) is -0.789. The number of esters is 1. The molecule has 0 aliphatic rings. The summed E-state index contributed by atoms with van der Waals surface area (Å²) in [5.41, 5.74) is 0.143. The van der Waals surface area contributed by atoms with Crippen LogP contribution in [0.1, 0.15) is 33.3 Å². The van der Waals surface area contributed by atoms with Crippen LogP contribution in [0.5, 0.6) is 0 Å². The molecule has 0 radical (unpaired) electrons. The first-order chi connectivity index (χ1) is 10.2. The third-order valence-electron chi connectivity index (χ3n) is 2.68. The minimum absolute atomic E-state index is 0.113. The van der Waals surface area contributed by atoms with Crippen LogP contribution in [0.2, 0.25) is 0 Å². The van der Waals surface area contributed by atoms with Crippen molar-refractivity contribution in [1.29, 1.82) is 0 Å². The molecule has 122 valence electrons. The van der Waals surface area contributed by atoms with Gasteiger partial charge in [0.1, 0.15) is 12.2 Å². The average molecular weight is 309 g/mol. The highest BCUT2D eigenvalue weighted by Gasteiger charge is 2.29. The number of nitrogens with one attached hydrogen (secondary N) is 1. The minimum Gasteiger partial charge on any atom is -0.458 e. The molecule has 0 spiro atoms. The first kappa shape index (κ1) is 18.0. The number of ether oxygens (including phenoxy) is 2. The monoisotopic (exact) mass is 309 g/mol.